The fourth-order valence-electron chi connectivity index (χ4n) is 2.95. The Kier molecular flexibility index (Phi) is 5.01. The molecule has 7 heteroatoms. The third-order valence-electron chi connectivity index (χ3n) is 4.42. The zero-order valence-corrected chi connectivity index (χ0v) is 14.2. The Hall–Kier alpha value is -2.12. The Morgan fingerprint density at radius 3 is 2.71 bits per heavy atom. The van der Waals surface area contributed by atoms with E-state index in [1.165, 1.54) is 0 Å². The molecule has 2 heterocycles. The number of nitrogens with one attached hydrogen (secondary N) is 1. The van der Waals surface area contributed by atoms with Crippen molar-refractivity contribution in [3.8, 4) is 5.75 Å². The fraction of sp³-hybridized carbons (Fsp3) is 0.529. The minimum absolute atomic E-state index is 0.0658. The molecule has 1 fully saturated rings. The van der Waals surface area contributed by atoms with Crippen LogP contribution in [0.1, 0.15) is 13.3 Å². The van der Waals surface area contributed by atoms with Gasteiger partial charge < -0.3 is 14.5 Å². The minimum atomic E-state index is -0.527. The molecule has 0 radical (unpaired) electrons. The van der Waals surface area contributed by atoms with Crippen LogP contribution in [0.2, 0.25) is 0 Å². The normalized spacial score (nSPS) is 22.0. The topological polar surface area (TPSA) is 65.1 Å². The van der Waals surface area contributed by atoms with Gasteiger partial charge in [-0.2, -0.15) is 0 Å². The van der Waals surface area contributed by atoms with E-state index in [-0.39, 0.29) is 18.2 Å². The van der Waals surface area contributed by atoms with Crippen LogP contribution in [0.25, 0.3) is 0 Å². The molecule has 1 unspecified atom stereocenters. The maximum atomic E-state index is 12.4. The maximum Gasteiger partial charge on any atom is 0.267 e. The summed E-state index contributed by atoms with van der Waals surface area (Å²) in [6.07, 6.45) is -0.264. The predicted molar refractivity (Wildman–Crippen MR) is 90.7 cm³/mol. The van der Waals surface area contributed by atoms with Gasteiger partial charge in [0.05, 0.1) is 5.69 Å². The fourth-order valence-corrected chi connectivity index (χ4v) is 2.95. The molecule has 1 saturated heterocycles. The summed E-state index contributed by atoms with van der Waals surface area (Å²) in [6, 6.07) is 7.43. The van der Waals surface area contributed by atoms with Crippen molar-refractivity contribution in [1.29, 1.82) is 0 Å². The van der Waals surface area contributed by atoms with E-state index in [1.54, 1.807) is 11.8 Å². The molecular formula is C17H24N4O3. The van der Waals surface area contributed by atoms with Crippen molar-refractivity contribution in [2.45, 2.75) is 19.4 Å². The minimum Gasteiger partial charge on any atom is -0.479 e. The van der Waals surface area contributed by atoms with E-state index in [1.807, 2.05) is 29.3 Å². The van der Waals surface area contributed by atoms with Crippen molar-refractivity contribution in [3.05, 3.63) is 24.3 Å². The first kappa shape index (κ1) is 16.7. The van der Waals surface area contributed by atoms with Crippen molar-refractivity contribution in [3.63, 3.8) is 0 Å². The molecule has 2 aliphatic heterocycles. The molecular weight excluding hydrogens is 308 g/mol. The van der Waals surface area contributed by atoms with Gasteiger partial charge in [-0.15, -0.1) is 0 Å². The first-order valence-corrected chi connectivity index (χ1v) is 8.34. The summed E-state index contributed by atoms with van der Waals surface area (Å²) in [7, 11) is 2.07. The molecule has 0 spiro atoms. The average molecular weight is 332 g/mol. The molecule has 1 N–H and O–H groups in total. The lowest BCUT2D eigenvalue weighted by molar-refractivity contribution is -0.127. The highest BCUT2D eigenvalue weighted by molar-refractivity contribution is 6.00. The van der Waals surface area contributed by atoms with Crippen LogP contribution >= 0.6 is 0 Å². The van der Waals surface area contributed by atoms with Gasteiger partial charge in [0.15, 0.2) is 6.10 Å². The number of anilines is 1. The number of benzene rings is 1. The molecule has 3 rings (SSSR count). The van der Waals surface area contributed by atoms with Crippen LogP contribution in [-0.2, 0) is 9.59 Å². The highest BCUT2D eigenvalue weighted by Gasteiger charge is 2.31. The van der Waals surface area contributed by atoms with Crippen LogP contribution in [0.15, 0.2) is 24.3 Å². The first-order chi connectivity index (χ1) is 11.5. The SMILES string of the molecule is CC1Oc2ccccc2N(CCC(=O)NN2CCN(C)CC2)C1=O. The molecule has 0 aromatic heterocycles. The number of para-hydroxylation sites is 2. The molecule has 24 heavy (non-hydrogen) atoms. The summed E-state index contributed by atoms with van der Waals surface area (Å²) in [5, 5.41) is 1.94. The average Bonchev–Trinajstić information content (AvgIpc) is 2.57. The number of hydrogen-bond acceptors (Lipinski definition) is 5. The van der Waals surface area contributed by atoms with Crippen LogP contribution in [0, 0.1) is 0 Å². The highest BCUT2D eigenvalue weighted by atomic mass is 16.5. The summed E-state index contributed by atoms with van der Waals surface area (Å²) in [4.78, 5) is 28.5. The molecule has 1 aromatic rings. The summed E-state index contributed by atoms with van der Waals surface area (Å²) in [5.41, 5.74) is 3.66. The standard InChI is InChI=1S/C17H24N4O3/c1-13-17(23)21(14-5-3-4-6-15(14)24-13)8-7-16(22)18-20-11-9-19(2)10-12-20/h3-6,13H,7-12H2,1-2H3,(H,18,22). The molecule has 1 aromatic carbocycles. The molecule has 2 amide bonds. The second-order valence-electron chi connectivity index (χ2n) is 6.29. The van der Waals surface area contributed by atoms with Crippen molar-refractivity contribution in [2.75, 3.05) is 44.7 Å². The largest absolute Gasteiger partial charge is 0.479 e. The first-order valence-electron chi connectivity index (χ1n) is 8.34. The van der Waals surface area contributed by atoms with E-state index in [4.69, 9.17) is 4.74 Å². The van der Waals surface area contributed by atoms with Crippen molar-refractivity contribution in [2.24, 2.45) is 0 Å². The summed E-state index contributed by atoms with van der Waals surface area (Å²) >= 11 is 0. The zero-order chi connectivity index (χ0) is 17.1. The molecule has 130 valence electrons. The number of likely N-dealkylation sites (N-methyl/N-ethyl adjacent to an activating group) is 1. The van der Waals surface area contributed by atoms with Gasteiger partial charge in [0.25, 0.3) is 5.91 Å². The highest BCUT2D eigenvalue weighted by Crippen LogP contribution is 2.33. The van der Waals surface area contributed by atoms with E-state index in [0.717, 1.165) is 31.9 Å². The molecule has 0 aliphatic carbocycles. The Morgan fingerprint density at radius 2 is 1.96 bits per heavy atom. The van der Waals surface area contributed by atoms with Crippen LogP contribution in [-0.4, -0.2) is 67.6 Å². The van der Waals surface area contributed by atoms with Crippen molar-refractivity contribution >= 4 is 17.5 Å². The second kappa shape index (κ2) is 7.19. The van der Waals surface area contributed by atoms with Crippen LogP contribution in [0.3, 0.4) is 0 Å². The van der Waals surface area contributed by atoms with E-state index in [2.05, 4.69) is 17.4 Å². The van der Waals surface area contributed by atoms with Crippen LogP contribution < -0.4 is 15.1 Å². The predicted octanol–water partition coefficient (Wildman–Crippen LogP) is 0.469. The van der Waals surface area contributed by atoms with Gasteiger partial charge >= 0.3 is 0 Å². The molecule has 7 nitrogen and oxygen atoms in total. The number of nitrogens with zero attached hydrogens (tertiary/aromatic N) is 3. The monoisotopic (exact) mass is 332 g/mol. The number of piperazine rings is 1. The van der Waals surface area contributed by atoms with E-state index < -0.39 is 6.10 Å². The summed E-state index contributed by atoms with van der Waals surface area (Å²) < 4.78 is 5.61. The van der Waals surface area contributed by atoms with Gasteiger partial charge in [-0.3, -0.25) is 15.0 Å². The Bertz CT molecular complexity index is 614. The van der Waals surface area contributed by atoms with Crippen molar-refractivity contribution < 1.29 is 14.3 Å². The van der Waals surface area contributed by atoms with Crippen LogP contribution in [0.5, 0.6) is 5.75 Å². The summed E-state index contributed by atoms with van der Waals surface area (Å²) in [6.45, 7) is 5.59. The number of rotatable bonds is 4. The third kappa shape index (κ3) is 3.68. The Balaban J connectivity index is 1.57. The third-order valence-corrected chi connectivity index (χ3v) is 4.42. The number of carbonyl (C=O) groups excluding carboxylic acids is 2. The van der Waals surface area contributed by atoms with Gasteiger partial charge in [-0.05, 0) is 26.1 Å². The zero-order valence-electron chi connectivity index (χ0n) is 14.2. The number of amides is 2. The van der Waals surface area contributed by atoms with E-state index in [0.29, 0.717) is 12.3 Å². The lowest BCUT2D eigenvalue weighted by Crippen LogP contribution is -2.53. The number of carbonyl (C=O) groups is 2. The van der Waals surface area contributed by atoms with Crippen molar-refractivity contribution in [1.82, 2.24) is 15.3 Å². The van der Waals surface area contributed by atoms with Gasteiger partial charge in [0, 0.05) is 39.1 Å². The van der Waals surface area contributed by atoms with Gasteiger partial charge in [0.1, 0.15) is 5.75 Å². The quantitative estimate of drug-likeness (QED) is 0.868. The Morgan fingerprint density at radius 1 is 1.25 bits per heavy atom. The van der Waals surface area contributed by atoms with Crippen LogP contribution in [0.4, 0.5) is 5.69 Å². The van der Waals surface area contributed by atoms with Gasteiger partial charge in [-0.25, -0.2) is 5.01 Å². The second-order valence-corrected chi connectivity index (χ2v) is 6.29. The smallest absolute Gasteiger partial charge is 0.267 e. The van der Waals surface area contributed by atoms with Gasteiger partial charge in [0.2, 0.25) is 5.91 Å². The van der Waals surface area contributed by atoms with Gasteiger partial charge in [-0.1, -0.05) is 12.1 Å². The van der Waals surface area contributed by atoms with E-state index in [9.17, 15) is 9.59 Å². The lowest BCUT2D eigenvalue weighted by Gasteiger charge is -2.34. The molecule has 1 atom stereocenters. The summed E-state index contributed by atoms with van der Waals surface area (Å²) in [5.74, 6) is 0.508. The molecule has 0 saturated carbocycles. The lowest BCUT2D eigenvalue weighted by atomic mass is 10.1. The number of fused-ring (bicyclic) bond motifs is 1. The van der Waals surface area contributed by atoms with E-state index >= 15 is 0 Å². The number of hydrogen-bond donors (Lipinski definition) is 1. The Labute approximate surface area is 142 Å². The molecule has 2 aliphatic rings. The number of hydrazine groups is 1. The maximum absolute atomic E-state index is 12.4. The number of ether oxygens (including phenoxy) is 1. The molecule has 0 bridgehead atoms.